The highest BCUT2D eigenvalue weighted by Gasteiger charge is 2.25. The number of pyridine rings is 1. The van der Waals surface area contributed by atoms with Gasteiger partial charge in [-0.2, -0.15) is 0 Å². The van der Waals surface area contributed by atoms with Crippen molar-refractivity contribution in [2.45, 2.75) is 11.4 Å². The van der Waals surface area contributed by atoms with Crippen LogP contribution < -0.4 is 9.62 Å². The van der Waals surface area contributed by atoms with Crippen LogP contribution in [0.3, 0.4) is 0 Å². The Labute approximate surface area is 175 Å². The predicted molar refractivity (Wildman–Crippen MR) is 113 cm³/mol. The predicted octanol–water partition coefficient (Wildman–Crippen LogP) is 2.04. The van der Waals surface area contributed by atoms with E-state index in [2.05, 4.69) is 10.3 Å². The third-order valence-corrected chi connectivity index (χ3v) is 7.33. The average molecular weight is 453 g/mol. The minimum atomic E-state index is -4.20. The molecule has 0 saturated carbocycles. The Morgan fingerprint density at radius 3 is 2.47 bits per heavy atom. The molecule has 2 heterocycles. The highest BCUT2D eigenvalue weighted by molar-refractivity contribution is 7.92. The first-order valence-electron chi connectivity index (χ1n) is 8.81. The second-order valence-electron chi connectivity index (χ2n) is 6.65. The van der Waals surface area contributed by atoms with Crippen molar-refractivity contribution in [3.8, 4) is 11.3 Å². The lowest BCUT2D eigenvalue weighted by Crippen LogP contribution is -2.25. The van der Waals surface area contributed by atoms with Crippen LogP contribution in [0.15, 0.2) is 59.9 Å². The third kappa shape index (κ3) is 4.23. The standard InChI is InChI=1S/C19H21FN4O4S2/c1-21-10-14-8-19(17-6-4-5-7-18(17)20)24(13-14)30(27,28)16-9-15(11-22-12-16)23(2)29(3,25)26/h4-9,11-13,21H,10H2,1-3H3. The molecule has 0 atom stereocenters. The molecule has 1 N–H and O–H groups in total. The van der Waals surface area contributed by atoms with E-state index in [0.717, 1.165) is 20.7 Å². The molecule has 0 fully saturated rings. The Bertz CT molecular complexity index is 1290. The smallest absolute Gasteiger partial charge is 0.269 e. The zero-order valence-corrected chi connectivity index (χ0v) is 18.2. The zero-order valence-electron chi connectivity index (χ0n) is 16.6. The minimum Gasteiger partial charge on any atom is -0.316 e. The molecule has 0 bridgehead atoms. The molecule has 0 radical (unpaired) electrons. The summed E-state index contributed by atoms with van der Waals surface area (Å²) in [5.74, 6) is -0.563. The Kier molecular flexibility index (Phi) is 5.97. The Hall–Kier alpha value is -2.76. The van der Waals surface area contributed by atoms with Crippen molar-refractivity contribution in [2.75, 3.05) is 24.7 Å². The van der Waals surface area contributed by atoms with Gasteiger partial charge in [-0.15, -0.1) is 0 Å². The number of nitrogens with one attached hydrogen (secondary N) is 1. The third-order valence-electron chi connectivity index (χ3n) is 4.49. The highest BCUT2D eigenvalue weighted by atomic mass is 32.2. The molecule has 0 saturated heterocycles. The number of nitrogens with zero attached hydrogens (tertiary/aromatic N) is 3. The van der Waals surface area contributed by atoms with Crippen molar-refractivity contribution in [3.63, 3.8) is 0 Å². The lowest BCUT2D eigenvalue weighted by molar-refractivity contribution is 0.586. The Morgan fingerprint density at radius 1 is 1.13 bits per heavy atom. The molecule has 30 heavy (non-hydrogen) atoms. The summed E-state index contributed by atoms with van der Waals surface area (Å²) in [6.45, 7) is 0.374. The molecule has 0 aliphatic carbocycles. The fraction of sp³-hybridized carbons (Fsp3) is 0.211. The Balaban J connectivity index is 2.19. The number of anilines is 1. The average Bonchev–Trinajstić information content (AvgIpc) is 3.12. The zero-order chi connectivity index (χ0) is 22.1. The molecule has 11 heteroatoms. The second kappa shape index (κ2) is 8.17. The van der Waals surface area contributed by atoms with Gasteiger partial charge in [0, 0.05) is 31.5 Å². The molecule has 0 aliphatic heterocycles. The maximum atomic E-state index is 14.4. The van der Waals surface area contributed by atoms with E-state index in [9.17, 15) is 21.2 Å². The molecule has 0 spiro atoms. The summed E-state index contributed by atoms with van der Waals surface area (Å²) >= 11 is 0. The summed E-state index contributed by atoms with van der Waals surface area (Å²) in [5, 5.41) is 2.93. The summed E-state index contributed by atoms with van der Waals surface area (Å²) in [4.78, 5) is 3.67. The molecule has 1 aromatic carbocycles. The number of halogens is 1. The van der Waals surface area contributed by atoms with E-state index in [1.54, 1.807) is 19.2 Å². The molecule has 0 aliphatic rings. The van der Waals surface area contributed by atoms with E-state index >= 15 is 0 Å². The van der Waals surface area contributed by atoms with Crippen LogP contribution in [0.5, 0.6) is 0 Å². The summed E-state index contributed by atoms with van der Waals surface area (Å²) < 4.78 is 66.8. The molecule has 3 aromatic rings. The van der Waals surface area contributed by atoms with Crippen molar-refractivity contribution < 1.29 is 21.2 Å². The summed E-state index contributed by atoms with van der Waals surface area (Å²) in [7, 11) is -4.79. The van der Waals surface area contributed by atoms with Crippen molar-refractivity contribution >= 4 is 25.7 Å². The molecular weight excluding hydrogens is 431 g/mol. The maximum absolute atomic E-state index is 14.4. The van der Waals surface area contributed by atoms with Gasteiger partial charge in [0.25, 0.3) is 10.0 Å². The normalized spacial score (nSPS) is 12.1. The molecule has 0 amide bonds. The summed E-state index contributed by atoms with van der Waals surface area (Å²) in [6, 6.07) is 8.68. The maximum Gasteiger partial charge on any atom is 0.269 e. The van der Waals surface area contributed by atoms with E-state index in [4.69, 9.17) is 0 Å². The molecule has 2 aromatic heterocycles. The molecule has 160 valence electrons. The van der Waals surface area contributed by atoms with Crippen LogP contribution in [-0.2, 0) is 26.6 Å². The molecule has 0 unspecified atom stereocenters. The van der Waals surface area contributed by atoms with Gasteiger partial charge in [0.1, 0.15) is 10.7 Å². The topological polar surface area (TPSA) is 101 Å². The fourth-order valence-corrected chi connectivity index (χ4v) is 4.75. The monoisotopic (exact) mass is 452 g/mol. The van der Waals surface area contributed by atoms with E-state index in [-0.39, 0.29) is 21.8 Å². The van der Waals surface area contributed by atoms with Crippen LogP contribution in [0.4, 0.5) is 10.1 Å². The van der Waals surface area contributed by atoms with Gasteiger partial charge in [-0.25, -0.2) is 25.2 Å². The SMILES string of the molecule is CNCc1cc(-c2ccccc2F)n(S(=O)(=O)c2cncc(N(C)S(C)(=O)=O)c2)c1. The largest absolute Gasteiger partial charge is 0.316 e. The lowest BCUT2D eigenvalue weighted by atomic mass is 10.1. The Morgan fingerprint density at radius 2 is 1.83 bits per heavy atom. The van der Waals surface area contributed by atoms with Gasteiger partial charge in [-0.05, 0) is 36.9 Å². The van der Waals surface area contributed by atoms with Crippen molar-refractivity contribution in [3.05, 3.63) is 66.4 Å². The van der Waals surface area contributed by atoms with E-state index < -0.39 is 25.9 Å². The summed E-state index contributed by atoms with van der Waals surface area (Å²) in [6.07, 6.45) is 4.78. The van der Waals surface area contributed by atoms with Crippen LogP contribution >= 0.6 is 0 Å². The number of sulfonamides is 1. The van der Waals surface area contributed by atoms with Gasteiger partial charge >= 0.3 is 0 Å². The van der Waals surface area contributed by atoms with Crippen LogP contribution in [0, 0.1) is 5.82 Å². The molecule has 3 rings (SSSR count). The number of aromatic nitrogens is 2. The first-order chi connectivity index (χ1) is 14.1. The number of rotatable bonds is 7. The van der Waals surface area contributed by atoms with Crippen LogP contribution in [0.1, 0.15) is 5.56 Å². The number of hydrogen-bond acceptors (Lipinski definition) is 6. The van der Waals surface area contributed by atoms with Gasteiger partial charge in [-0.1, -0.05) is 12.1 Å². The van der Waals surface area contributed by atoms with E-state index in [0.29, 0.717) is 12.1 Å². The van der Waals surface area contributed by atoms with Gasteiger partial charge in [0.05, 0.1) is 23.8 Å². The van der Waals surface area contributed by atoms with E-state index in [1.807, 2.05) is 0 Å². The van der Waals surface area contributed by atoms with Gasteiger partial charge < -0.3 is 5.32 Å². The summed E-state index contributed by atoms with van der Waals surface area (Å²) in [5.41, 5.74) is 1.01. The van der Waals surface area contributed by atoms with Crippen molar-refractivity contribution in [1.29, 1.82) is 0 Å². The fourth-order valence-electron chi connectivity index (χ4n) is 2.89. The molecule has 8 nitrogen and oxygen atoms in total. The van der Waals surface area contributed by atoms with Crippen LogP contribution in [0.25, 0.3) is 11.3 Å². The van der Waals surface area contributed by atoms with E-state index in [1.165, 1.54) is 43.7 Å². The molecular formula is C19H21FN4O4S2. The number of benzene rings is 1. The van der Waals surface area contributed by atoms with Gasteiger partial charge in [-0.3, -0.25) is 9.29 Å². The first-order valence-corrected chi connectivity index (χ1v) is 12.1. The van der Waals surface area contributed by atoms with Gasteiger partial charge in [0.2, 0.25) is 10.0 Å². The van der Waals surface area contributed by atoms with Crippen molar-refractivity contribution in [1.82, 2.24) is 14.3 Å². The minimum absolute atomic E-state index is 0.0913. The van der Waals surface area contributed by atoms with Gasteiger partial charge in [0.15, 0.2) is 0 Å². The second-order valence-corrected chi connectivity index (χ2v) is 10.5. The van der Waals surface area contributed by atoms with Crippen LogP contribution in [0.2, 0.25) is 0 Å². The first kappa shape index (κ1) is 21.9. The van der Waals surface area contributed by atoms with Crippen molar-refractivity contribution in [2.24, 2.45) is 0 Å². The van der Waals surface area contributed by atoms with Crippen LogP contribution in [-0.4, -0.2) is 46.1 Å². The quantitative estimate of drug-likeness (QED) is 0.589. The highest BCUT2D eigenvalue weighted by Crippen LogP contribution is 2.30. The lowest BCUT2D eigenvalue weighted by Gasteiger charge is -2.17. The number of hydrogen-bond donors (Lipinski definition) is 1.